The molecule has 0 radical (unpaired) electrons. The van der Waals surface area contributed by atoms with Crippen LogP contribution in [0.2, 0.25) is 0 Å². The summed E-state index contributed by atoms with van der Waals surface area (Å²) in [5.41, 5.74) is 2.60. The van der Waals surface area contributed by atoms with Crippen LogP contribution in [0.5, 0.6) is 0 Å². The highest BCUT2D eigenvalue weighted by molar-refractivity contribution is 5.10. The van der Waals surface area contributed by atoms with E-state index < -0.39 is 0 Å². The normalized spacial score (nSPS) is 26.0. The second kappa shape index (κ2) is 7.47. The van der Waals surface area contributed by atoms with Gasteiger partial charge in [-0.15, -0.1) is 0 Å². The Morgan fingerprint density at radius 1 is 1.00 bits per heavy atom. The molecule has 0 saturated carbocycles. The summed E-state index contributed by atoms with van der Waals surface area (Å²) in [6, 6.07) is 6.81. The molecule has 0 aromatic carbocycles. The fraction of sp³-hybridized carbons (Fsp3) is 0.526. The van der Waals surface area contributed by atoms with E-state index in [-0.39, 0.29) is 0 Å². The molecule has 2 fully saturated rings. The van der Waals surface area contributed by atoms with Gasteiger partial charge in [-0.2, -0.15) is 0 Å². The Morgan fingerprint density at radius 3 is 2.71 bits per heavy atom. The molecule has 2 aromatic heterocycles. The lowest BCUT2D eigenvalue weighted by molar-refractivity contribution is -0.0747. The standard InChI is InChI=1S/C19H25N3O2/c1-6-20-7-2-16(1)14-22-10-12-24-19-4-9-21(8-3-18(19)22)13-17-5-11-23-15-17/h1-2,5-7,11,15,18-19H,3-4,8-10,12-14H2. The van der Waals surface area contributed by atoms with Crippen LogP contribution in [0.3, 0.4) is 0 Å². The summed E-state index contributed by atoms with van der Waals surface area (Å²) in [4.78, 5) is 9.25. The Bertz CT molecular complexity index is 617. The van der Waals surface area contributed by atoms with Gasteiger partial charge in [0, 0.05) is 56.7 Å². The second-order valence-electron chi connectivity index (χ2n) is 6.79. The molecule has 4 rings (SSSR count). The van der Waals surface area contributed by atoms with Crippen molar-refractivity contribution in [2.24, 2.45) is 0 Å². The zero-order valence-corrected chi connectivity index (χ0v) is 14.0. The van der Waals surface area contributed by atoms with E-state index >= 15 is 0 Å². The highest BCUT2D eigenvalue weighted by Gasteiger charge is 2.34. The van der Waals surface area contributed by atoms with Gasteiger partial charge in [-0.3, -0.25) is 14.8 Å². The lowest BCUT2D eigenvalue weighted by Gasteiger charge is -2.40. The van der Waals surface area contributed by atoms with Crippen LogP contribution in [-0.2, 0) is 17.8 Å². The van der Waals surface area contributed by atoms with Gasteiger partial charge in [0.25, 0.3) is 0 Å². The minimum atomic E-state index is 0.356. The van der Waals surface area contributed by atoms with Crippen LogP contribution in [0.25, 0.3) is 0 Å². The van der Waals surface area contributed by atoms with E-state index in [4.69, 9.17) is 9.15 Å². The molecule has 128 valence electrons. The molecule has 2 atom stereocenters. The molecule has 0 aliphatic carbocycles. The molecule has 0 N–H and O–H groups in total. The average Bonchev–Trinajstić information content (AvgIpc) is 3.03. The van der Waals surface area contributed by atoms with Gasteiger partial charge >= 0.3 is 0 Å². The van der Waals surface area contributed by atoms with Gasteiger partial charge < -0.3 is 9.15 Å². The van der Waals surface area contributed by atoms with Crippen molar-refractivity contribution in [1.82, 2.24) is 14.8 Å². The van der Waals surface area contributed by atoms with Crippen LogP contribution in [0.15, 0.2) is 47.5 Å². The minimum absolute atomic E-state index is 0.356. The number of rotatable bonds is 4. The first-order valence-electron chi connectivity index (χ1n) is 8.86. The Hall–Kier alpha value is -1.69. The number of nitrogens with zero attached hydrogens (tertiary/aromatic N) is 3. The van der Waals surface area contributed by atoms with Gasteiger partial charge in [-0.1, -0.05) is 0 Å². The Balaban J connectivity index is 1.40. The Kier molecular flexibility index (Phi) is 4.92. The van der Waals surface area contributed by atoms with Gasteiger partial charge in [0.05, 0.1) is 25.2 Å². The first-order chi connectivity index (χ1) is 11.9. The minimum Gasteiger partial charge on any atom is -0.472 e. The topological polar surface area (TPSA) is 41.7 Å². The molecular weight excluding hydrogens is 302 g/mol. The summed E-state index contributed by atoms with van der Waals surface area (Å²) in [5.74, 6) is 0. The number of pyridine rings is 1. The van der Waals surface area contributed by atoms with E-state index in [2.05, 4.69) is 33.0 Å². The monoisotopic (exact) mass is 327 g/mol. The molecule has 0 bridgehead atoms. The fourth-order valence-electron chi connectivity index (χ4n) is 3.93. The molecular formula is C19H25N3O2. The number of likely N-dealkylation sites (tertiary alicyclic amines) is 1. The number of hydrogen-bond donors (Lipinski definition) is 0. The molecule has 2 aromatic rings. The van der Waals surface area contributed by atoms with E-state index in [1.54, 1.807) is 6.26 Å². The van der Waals surface area contributed by atoms with Crippen molar-refractivity contribution in [3.63, 3.8) is 0 Å². The van der Waals surface area contributed by atoms with Gasteiger partial charge in [0.15, 0.2) is 0 Å². The van der Waals surface area contributed by atoms with Gasteiger partial charge in [0.1, 0.15) is 0 Å². The van der Waals surface area contributed by atoms with Crippen LogP contribution < -0.4 is 0 Å². The Morgan fingerprint density at radius 2 is 1.88 bits per heavy atom. The molecule has 4 heterocycles. The molecule has 2 unspecified atom stereocenters. The highest BCUT2D eigenvalue weighted by atomic mass is 16.5. The highest BCUT2D eigenvalue weighted by Crippen LogP contribution is 2.26. The predicted molar refractivity (Wildman–Crippen MR) is 91.4 cm³/mol. The maximum atomic E-state index is 6.11. The maximum absolute atomic E-state index is 6.11. The van der Waals surface area contributed by atoms with Gasteiger partial charge in [0.2, 0.25) is 0 Å². The fourth-order valence-corrected chi connectivity index (χ4v) is 3.93. The molecule has 0 spiro atoms. The third kappa shape index (κ3) is 3.69. The molecule has 5 nitrogen and oxygen atoms in total. The average molecular weight is 327 g/mol. The second-order valence-corrected chi connectivity index (χ2v) is 6.79. The summed E-state index contributed by atoms with van der Waals surface area (Å²) in [6.45, 7) is 6.03. The lowest BCUT2D eigenvalue weighted by Crippen LogP contribution is -2.50. The first-order valence-corrected chi connectivity index (χ1v) is 8.86. The number of aromatic nitrogens is 1. The van der Waals surface area contributed by atoms with Crippen molar-refractivity contribution in [3.05, 3.63) is 54.2 Å². The van der Waals surface area contributed by atoms with E-state index in [9.17, 15) is 0 Å². The Labute approximate surface area is 143 Å². The van der Waals surface area contributed by atoms with E-state index in [1.807, 2.05) is 18.7 Å². The van der Waals surface area contributed by atoms with Crippen LogP contribution in [0.1, 0.15) is 24.0 Å². The molecule has 2 saturated heterocycles. The van der Waals surface area contributed by atoms with Crippen LogP contribution in [0.4, 0.5) is 0 Å². The van der Waals surface area contributed by atoms with Gasteiger partial charge in [-0.05, 0) is 36.6 Å². The van der Waals surface area contributed by atoms with Crippen molar-refractivity contribution in [3.8, 4) is 0 Å². The zero-order chi connectivity index (χ0) is 16.2. The molecule has 2 aliphatic rings. The zero-order valence-electron chi connectivity index (χ0n) is 14.0. The number of furan rings is 1. The van der Waals surface area contributed by atoms with Crippen molar-refractivity contribution in [1.29, 1.82) is 0 Å². The smallest absolute Gasteiger partial charge is 0.0947 e. The predicted octanol–water partition coefficient (Wildman–Crippen LogP) is 2.54. The van der Waals surface area contributed by atoms with Crippen molar-refractivity contribution >= 4 is 0 Å². The van der Waals surface area contributed by atoms with Crippen molar-refractivity contribution in [2.75, 3.05) is 26.2 Å². The van der Waals surface area contributed by atoms with E-state index in [1.165, 1.54) is 11.1 Å². The first kappa shape index (κ1) is 15.8. The van der Waals surface area contributed by atoms with Crippen LogP contribution in [-0.4, -0.2) is 53.2 Å². The quantitative estimate of drug-likeness (QED) is 0.863. The number of hydrogen-bond acceptors (Lipinski definition) is 5. The third-order valence-electron chi connectivity index (χ3n) is 5.20. The van der Waals surface area contributed by atoms with Gasteiger partial charge in [-0.25, -0.2) is 0 Å². The number of ether oxygens (including phenoxy) is 1. The van der Waals surface area contributed by atoms with Crippen LogP contribution in [0, 0.1) is 0 Å². The largest absolute Gasteiger partial charge is 0.472 e. The number of morpholine rings is 1. The number of fused-ring (bicyclic) bond motifs is 1. The third-order valence-corrected chi connectivity index (χ3v) is 5.20. The van der Waals surface area contributed by atoms with E-state index in [0.29, 0.717) is 12.1 Å². The molecule has 5 heteroatoms. The summed E-state index contributed by atoms with van der Waals surface area (Å²) >= 11 is 0. The SMILES string of the molecule is c1cc(CN2CCOC3CCN(Cc4ccoc4)CCC32)ccn1. The molecule has 0 amide bonds. The summed E-state index contributed by atoms with van der Waals surface area (Å²) in [5, 5.41) is 0. The molecule has 2 aliphatic heterocycles. The van der Waals surface area contributed by atoms with Crippen LogP contribution >= 0.6 is 0 Å². The summed E-state index contributed by atoms with van der Waals surface area (Å²) in [7, 11) is 0. The summed E-state index contributed by atoms with van der Waals surface area (Å²) < 4.78 is 11.3. The lowest BCUT2D eigenvalue weighted by atomic mass is 10.0. The van der Waals surface area contributed by atoms with Crippen molar-refractivity contribution < 1.29 is 9.15 Å². The maximum Gasteiger partial charge on any atom is 0.0947 e. The molecule has 24 heavy (non-hydrogen) atoms. The van der Waals surface area contributed by atoms with E-state index in [0.717, 1.165) is 52.2 Å². The van der Waals surface area contributed by atoms with Crippen molar-refractivity contribution in [2.45, 2.75) is 38.1 Å². The summed E-state index contributed by atoms with van der Waals surface area (Å²) in [6.07, 6.45) is 9.99.